The highest BCUT2D eigenvalue weighted by molar-refractivity contribution is 5.85. The number of imidazole rings is 1. The van der Waals surface area contributed by atoms with Crippen LogP contribution in [-0.2, 0) is 0 Å². The molecule has 1 aromatic carbocycles. The van der Waals surface area contributed by atoms with Crippen LogP contribution in [0.4, 0.5) is 4.39 Å². The van der Waals surface area contributed by atoms with Crippen molar-refractivity contribution < 1.29 is 4.39 Å². The fourth-order valence-electron chi connectivity index (χ4n) is 1.84. The molecule has 19 heavy (non-hydrogen) atoms. The summed E-state index contributed by atoms with van der Waals surface area (Å²) >= 11 is 0. The Morgan fingerprint density at radius 1 is 1.26 bits per heavy atom. The largest absolute Gasteiger partial charge is 0.313 e. The van der Waals surface area contributed by atoms with Gasteiger partial charge in [0.05, 0.1) is 6.33 Å². The molecule has 1 aromatic heterocycles. The highest BCUT2D eigenvalue weighted by Crippen LogP contribution is 2.35. The van der Waals surface area contributed by atoms with Gasteiger partial charge in [-0.3, -0.25) is 0 Å². The lowest BCUT2D eigenvalue weighted by atomic mass is 9.82. The number of allylic oxidation sites excluding steroid dienone is 1. The lowest BCUT2D eigenvalue weighted by molar-refractivity contribution is 0.556. The number of aromatic nitrogens is 2. The van der Waals surface area contributed by atoms with E-state index >= 15 is 0 Å². The second kappa shape index (κ2) is 6.02. The predicted octanol–water partition coefficient (Wildman–Crippen LogP) is 4.49. The van der Waals surface area contributed by atoms with Gasteiger partial charge in [0.2, 0.25) is 0 Å². The van der Waals surface area contributed by atoms with Gasteiger partial charge in [-0.05, 0) is 17.1 Å². The Morgan fingerprint density at radius 3 is 2.47 bits per heavy atom. The third-order valence-electron chi connectivity index (χ3n) is 2.78. The quantitative estimate of drug-likeness (QED) is 0.793. The van der Waals surface area contributed by atoms with Crippen molar-refractivity contribution in [3.8, 4) is 0 Å². The number of benzene rings is 1. The van der Waals surface area contributed by atoms with Crippen LogP contribution < -0.4 is 0 Å². The van der Waals surface area contributed by atoms with Crippen LogP contribution in [0.15, 0.2) is 43.0 Å². The van der Waals surface area contributed by atoms with Crippen molar-refractivity contribution >= 4 is 24.2 Å². The predicted molar refractivity (Wildman–Crippen MR) is 79.5 cm³/mol. The van der Waals surface area contributed by atoms with Gasteiger partial charge in [-0.15, -0.1) is 12.4 Å². The molecule has 0 bridgehead atoms. The number of hydrogen-bond donors (Lipinski definition) is 0. The van der Waals surface area contributed by atoms with E-state index in [0.717, 1.165) is 5.57 Å². The molecule has 2 rings (SSSR count). The fraction of sp³-hybridized carbons (Fsp3) is 0.267. The van der Waals surface area contributed by atoms with E-state index in [1.54, 1.807) is 18.6 Å². The second-order valence-corrected chi connectivity index (χ2v) is 5.28. The van der Waals surface area contributed by atoms with Crippen LogP contribution in [0.5, 0.6) is 0 Å². The van der Waals surface area contributed by atoms with Crippen molar-refractivity contribution in [3.63, 3.8) is 0 Å². The Bertz CT molecular complexity index is 554. The first-order chi connectivity index (χ1) is 8.48. The first-order valence-electron chi connectivity index (χ1n) is 5.93. The Hall–Kier alpha value is -1.61. The average molecular weight is 281 g/mol. The monoisotopic (exact) mass is 280 g/mol. The van der Waals surface area contributed by atoms with E-state index in [-0.39, 0.29) is 23.6 Å². The van der Waals surface area contributed by atoms with Crippen molar-refractivity contribution in [1.29, 1.82) is 0 Å². The molecule has 0 radical (unpaired) electrons. The molecule has 0 spiro atoms. The standard InChI is InChI=1S/C15H17FN2.ClH/c1-15(2,3)13(10-18-9-8-17-11-18)12-6-4-5-7-14(12)16;/h4-11H,1-3H3;1H/b13-10-;. The Balaban J connectivity index is 0.00000180. The molecule has 4 heteroatoms. The van der Waals surface area contributed by atoms with Crippen LogP contribution in [0, 0.1) is 11.2 Å². The maximum absolute atomic E-state index is 13.9. The van der Waals surface area contributed by atoms with Crippen LogP contribution >= 0.6 is 12.4 Å². The molecule has 0 aliphatic heterocycles. The summed E-state index contributed by atoms with van der Waals surface area (Å²) in [6.45, 7) is 6.21. The average Bonchev–Trinajstić information content (AvgIpc) is 2.78. The van der Waals surface area contributed by atoms with Crippen LogP contribution in [0.3, 0.4) is 0 Å². The van der Waals surface area contributed by atoms with Gasteiger partial charge < -0.3 is 4.57 Å². The highest BCUT2D eigenvalue weighted by atomic mass is 35.5. The number of nitrogens with zero attached hydrogens (tertiary/aromatic N) is 2. The second-order valence-electron chi connectivity index (χ2n) is 5.28. The number of hydrogen-bond acceptors (Lipinski definition) is 1. The summed E-state index contributed by atoms with van der Waals surface area (Å²) in [5, 5.41) is 0. The maximum Gasteiger partial charge on any atom is 0.130 e. The lowest BCUT2D eigenvalue weighted by Crippen LogP contribution is -2.10. The molecule has 102 valence electrons. The molecule has 0 amide bonds. The zero-order valence-corrected chi connectivity index (χ0v) is 12.1. The molecule has 0 saturated carbocycles. The zero-order chi connectivity index (χ0) is 13.2. The summed E-state index contributed by atoms with van der Waals surface area (Å²) in [6.07, 6.45) is 7.17. The van der Waals surface area contributed by atoms with E-state index in [1.807, 2.05) is 29.1 Å². The zero-order valence-electron chi connectivity index (χ0n) is 11.3. The van der Waals surface area contributed by atoms with Crippen LogP contribution in [0.25, 0.3) is 11.8 Å². The fourth-order valence-corrected chi connectivity index (χ4v) is 1.84. The van der Waals surface area contributed by atoms with Crippen molar-refractivity contribution in [2.45, 2.75) is 20.8 Å². The topological polar surface area (TPSA) is 17.8 Å². The minimum Gasteiger partial charge on any atom is -0.313 e. The van der Waals surface area contributed by atoms with Gasteiger partial charge in [-0.25, -0.2) is 9.37 Å². The van der Waals surface area contributed by atoms with E-state index in [1.165, 1.54) is 6.07 Å². The summed E-state index contributed by atoms with van der Waals surface area (Å²) in [6, 6.07) is 6.86. The smallest absolute Gasteiger partial charge is 0.130 e. The van der Waals surface area contributed by atoms with Crippen LogP contribution in [0.1, 0.15) is 26.3 Å². The molecule has 0 N–H and O–H groups in total. The summed E-state index contributed by atoms with van der Waals surface area (Å²) in [5.74, 6) is -0.196. The molecule has 0 atom stereocenters. The first kappa shape index (κ1) is 15.4. The molecule has 0 aliphatic carbocycles. The first-order valence-corrected chi connectivity index (χ1v) is 5.93. The summed E-state index contributed by atoms with van der Waals surface area (Å²) < 4.78 is 15.8. The molecular weight excluding hydrogens is 263 g/mol. The van der Waals surface area contributed by atoms with E-state index in [0.29, 0.717) is 5.56 Å². The van der Waals surface area contributed by atoms with E-state index < -0.39 is 0 Å². The minimum atomic E-state index is -0.196. The molecule has 0 fully saturated rings. The van der Waals surface area contributed by atoms with Gasteiger partial charge in [0, 0.05) is 24.2 Å². The summed E-state index contributed by atoms with van der Waals surface area (Å²) in [7, 11) is 0. The normalized spacial score (nSPS) is 12.1. The summed E-state index contributed by atoms with van der Waals surface area (Å²) in [4.78, 5) is 4.00. The van der Waals surface area contributed by atoms with Gasteiger partial charge in [-0.1, -0.05) is 39.0 Å². The maximum atomic E-state index is 13.9. The number of rotatable bonds is 2. The van der Waals surface area contributed by atoms with E-state index in [9.17, 15) is 4.39 Å². The minimum absolute atomic E-state index is 0. The molecule has 1 heterocycles. The molecule has 2 aromatic rings. The molecule has 0 unspecified atom stereocenters. The van der Waals surface area contributed by atoms with Crippen molar-refractivity contribution in [2.75, 3.05) is 0 Å². The highest BCUT2D eigenvalue weighted by Gasteiger charge is 2.21. The third kappa shape index (κ3) is 3.67. The van der Waals surface area contributed by atoms with Crippen molar-refractivity contribution in [3.05, 3.63) is 54.4 Å². The summed E-state index contributed by atoms with van der Waals surface area (Å²) in [5.41, 5.74) is 1.43. The Kier molecular flexibility index (Phi) is 4.90. The van der Waals surface area contributed by atoms with E-state index in [2.05, 4.69) is 25.8 Å². The van der Waals surface area contributed by atoms with Gasteiger partial charge in [0.1, 0.15) is 5.82 Å². The third-order valence-corrected chi connectivity index (χ3v) is 2.78. The Morgan fingerprint density at radius 2 is 1.95 bits per heavy atom. The molecule has 2 nitrogen and oxygen atoms in total. The molecule has 0 saturated heterocycles. The van der Waals surface area contributed by atoms with Gasteiger partial charge in [0.15, 0.2) is 0 Å². The van der Waals surface area contributed by atoms with Crippen molar-refractivity contribution in [1.82, 2.24) is 9.55 Å². The van der Waals surface area contributed by atoms with E-state index in [4.69, 9.17) is 0 Å². The lowest BCUT2D eigenvalue weighted by Gasteiger charge is -2.24. The van der Waals surface area contributed by atoms with Gasteiger partial charge in [-0.2, -0.15) is 0 Å². The number of halogens is 2. The van der Waals surface area contributed by atoms with Crippen molar-refractivity contribution in [2.24, 2.45) is 5.41 Å². The molecule has 0 aliphatic rings. The van der Waals surface area contributed by atoms with Gasteiger partial charge in [0.25, 0.3) is 0 Å². The van der Waals surface area contributed by atoms with Crippen LogP contribution in [-0.4, -0.2) is 9.55 Å². The molecular formula is C15H18ClFN2. The SMILES string of the molecule is CC(C)(C)/C(=C\n1ccnc1)c1ccccc1F.Cl. The van der Waals surface area contributed by atoms with Crippen LogP contribution in [0.2, 0.25) is 0 Å². The Labute approximate surface area is 119 Å². The van der Waals surface area contributed by atoms with Gasteiger partial charge >= 0.3 is 0 Å².